The number of amides is 1. The van der Waals surface area contributed by atoms with Crippen LogP contribution in [0.4, 0.5) is 5.69 Å². The summed E-state index contributed by atoms with van der Waals surface area (Å²) in [5, 5.41) is 14.2. The van der Waals surface area contributed by atoms with Crippen LogP contribution in [0.5, 0.6) is 5.75 Å². The third-order valence-electron chi connectivity index (χ3n) is 5.39. The number of thioether (sulfide) groups is 1. The molecule has 164 valence electrons. The van der Waals surface area contributed by atoms with Gasteiger partial charge in [-0.05, 0) is 54.8 Å². The van der Waals surface area contributed by atoms with E-state index in [4.69, 9.17) is 4.74 Å². The molecule has 0 spiro atoms. The van der Waals surface area contributed by atoms with Crippen LogP contribution in [0.3, 0.4) is 0 Å². The van der Waals surface area contributed by atoms with E-state index in [2.05, 4.69) is 27.6 Å². The zero-order valence-corrected chi connectivity index (χ0v) is 19.4. The van der Waals surface area contributed by atoms with E-state index in [1.54, 1.807) is 0 Å². The van der Waals surface area contributed by atoms with Gasteiger partial charge < -0.3 is 14.6 Å². The van der Waals surface area contributed by atoms with E-state index >= 15 is 0 Å². The minimum Gasteiger partial charge on any atom is -0.486 e. The van der Waals surface area contributed by atoms with Crippen molar-refractivity contribution in [2.45, 2.75) is 37.8 Å². The van der Waals surface area contributed by atoms with Crippen molar-refractivity contribution in [3.63, 3.8) is 0 Å². The van der Waals surface area contributed by atoms with Gasteiger partial charge in [-0.3, -0.25) is 4.79 Å². The van der Waals surface area contributed by atoms with Crippen LogP contribution >= 0.6 is 11.8 Å². The minimum absolute atomic E-state index is 0.0654. The summed E-state index contributed by atoms with van der Waals surface area (Å²) < 4.78 is 7.81. The molecule has 32 heavy (non-hydrogen) atoms. The van der Waals surface area contributed by atoms with E-state index in [9.17, 15) is 4.79 Å². The predicted octanol–water partition coefficient (Wildman–Crippen LogP) is 5.28. The fraction of sp³-hybridized carbons (Fsp3) is 0.240. The number of fused-ring (bicyclic) bond motifs is 1. The monoisotopic (exact) mass is 446 g/mol. The number of hydrogen-bond acceptors (Lipinski definition) is 5. The normalized spacial score (nSPS) is 12.0. The highest BCUT2D eigenvalue weighted by atomic mass is 32.2. The molecule has 0 unspecified atom stereocenters. The highest BCUT2D eigenvalue weighted by molar-refractivity contribution is 8.00. The number of carbonyl (C=O) groups is 1. The van der Waals surface area contributed by atoms with Gasteiger partial charge in [-0.15, -0.1) is 10.2 Å². The van der Waals surface area contributed by atoms with Crippen LogP contribution in [0.15, 0.2) is 65.8 Å². The average Bonchev–Trinajstić information content (AvgIpc) is 3.13. The van der Waals surface area contributed by atoms with Crippen molar-refractivity contribution >= 4 is 34.1 Å². The lowest BCUT2D eigenvalue weighted by Crippen LogP contribution is -2.23. The van der Waals surface area contributed by atoms with Gasteiger partial charge in [0.25, 0.3) is 0 Å². The highest BCUT2D eigenvalue weighted by Gasteiger charge is 2.20. The van der Waals surface area contributed by atoms with Crippen molar-refractivity contribution in [3.8, 4) is 5.75 Å². The first-order valence-electron chi connectivity index (χ1n) is 10.5. The van der Waals surface area contributed by atoms with Gasteiger partial charge in [0.2, 0.25) is 5.91 Å². The summed E-state index contributed by atoms with van der Waals surface area (Å²) in [6, 6.07) is 20.1. The molecule has 1 atom stereocenters. The number of hydrogen-bond donors (Lipinski definition) is 1. The average molecular weight is 447 g/mol. The predicted molar refractivity (Wildman–Crippen MR) is 129 cm³/mol. The Hall–Kier alpha value is -3.32. The molecule has 0 fully saturated rings. The molecule has 0 saturated carbocycles. The Labute approximate surface area is 192 Å². The van der Waals surface area contributed by atoms with Crippen molar-refractivity contribution in [3.05, 3.63) is 77.6 Å². The summed E-state index contributed by atoms with van der Waals surface area (Å²) in [7, 11) is 1.89. The van der Waals surface area contributed by atoms with Crippen LogP contribution in [0, 0.1) is 13.8 Å². The lowest BCUT2D eigenvalue weighted by Gasteiger charge is -2.15. The van der Waals surface area contributed by atoms with Crippen molar-refractivity contribution < 1.29 is 9.53 Å². The van der Waals surface area contributed by atoms with Crippen LogP contribution in [0.1, 0.15) is 23.9 Å². The largest absolute Gasteiger partial charge is 0.486 e. The maximum absolute atomic E-state index is 12.7. The van der Waals surface area contributed by atoms with E-state index in [-0.39, 0.29) is 11.2 Å². The summed E-state index contributed by atoms with van der Waals surface area (Å²) in [6.07, 6.45) is 0. The van der Waals surface area contributed by atoms with Gasteiger partial charge in [-0.1, -0.05) is 60.3 Å². The molecule has 0 aliphatic heterocycles. The fourth-order valence-corrected chi connectivity index (χ4v) is 4.26. The molecular weight excluding hydrogens is 420 g/mol. The number of aryl methyl sites for hydroxylation is 2. The lowest BCUT2D eigenvalue weighted by atomic mass is 10.1. The Bertz CT molecular complexity index is 1250. The Morgan fingerprint density at radius 1 is 1.03 bits per heavy atom. The molecule has 1 aromatic heterocycles. The summed E-state index contributed by atoms with van der Waals surface area (Å²) in [5.41, 5.74) is 2.96. The maximum atomic E-state index is 12.7. The van der Waals surface area contributed by atoms with Crippen molar-refractivity contribution in [1.29, 1.82) is 0 Å². The molecular formula is C25H26N4O2S. The van der Waals surface area contributed by atoms with Crippen molar-refractivity contribution in [2.24, 2.45) is 7.05 Å². The van der Waals surface area contributed by atoms with E-state index in [0.29, 0.717) is 17.6 Å². The number of nitrogens with zero attached hydrogens (tertiary/aromatic N) is 3. The van der Waals surface area contributed by atoms with Crippen LogP contribution in [-0.2, 0) is 18.4 Å². The van der Waals surface area contributed by atoms with Gasteiger partial charge in [0.05, 0.1) is 5.25 Å². The number of carbonyl (C=O) groups excluding carboxylic acids is 1. The van der Waals surface area contributed by atoms with E-state index < -0.39 is 0 Å². The Balaban J connectivity index is 1.39. The molecule has 1 N–H and O–H groups in total. The molecule has 3 aromatic carbocycles. The standard InChI is InChI=1S/C25H26N4O2S/c1-16-8-7-9-17(2)23(16)26-24(30)18(3)32-25-28-27-22(29(25)4)15-31-21-13-12-19-10-5-6-11-20(19)14-21/h5-14,18H,15H2,1-4H3,(H,26,30)/t18-/m0/s1. The molecule has 1 heterocycles. The van der Waals surface area contributed by atoms with Crippen molar-refractivity contribution in [1.82, 2.24) is 14.8 Å². The molecule has 7 heteroatoms. The molecule has 4 rings (SSSR count). The molecule has 1 amide bonds. The highest BCUT2D eigenvalue weighted by Crippen LogP contribution is 2.26. The Morgan fingerprint density at radius 2 is 1.75 bits per heavy atom. The zero-order chi connectivity index (χ0) is 22.7. The molecule has 0 aliphatic carbocycles. The first-order valence-corrected chi connectivity index (χ1v) is 11.3. The minimum atomic E-state index is -0.328. The third kappa shape index (κ3) is 4.78. The van der Waals surface area contributed by atoms with Crippen LogP contribution in [-0.4, -0.2) is 25.9 Å². The molecule has 4 aromatic rings. The zero-order valence-electron chi connectivity index (χ0n) is 18.6. The van der Waals surface area contributed by atoms with Crippen LogP contribution < -0.4 is 10.1 Å². The van der Waals surface area contributed by atoms with E-state index in [0.717, 1.165) is 28.0 Å². The SMILES string of the molecule is Cc1cccc(C)c1NC(=O)[C@H](C)Sc1nnc(COc2ccc3ccccc3c2)n1C. The van der Waals surface area contributed by atoms with Gasteiger partial charge in [0, 0.05) is 12.7 Å². The second-order valence-corrected chi connectivity index (χ2v) is 9.08. The number of aromatic nitrogens is 3. The number of benzene rings is 3. The van der Waals surface area contributed by atoms with Crippen molar-refractivity contribution in [2.75, 3.05) is 5.32 Å². The van der Waals surface area contributed by atoms with Gasteiger partial charge in [-0.2, -0.15) is 0 Å². The molecule has 0 bridgehead atoms. The molecule has 6 nitrogen and oxygen atoms in total. The number of para-hydroxylation sites is 1. The van der Waals surface area contributed by atoms with Crippen LogP contribution in [0.25, 0.3) is 10.8 Å². The maximum Gasteiger partial charge on any atom is 0.237 e. The quantitative estimate of drug-likeness (QED) is 0.391. The first kappa shape index (κ1) is 21.9. The number of rotatable bonds is 7. The second-order valence-electron chi connectivity index (χ2n) is 7.77. The van der Waals surface area contributed by atoms with Gasteiger partial charge >= 0.3 is 0 Å². The second kappa shape index (κ2) is 9.44. The smallest absolute Gasteiger partial charge is 0.237 e. The summed E-state index contributed by atoms with van der Waals surface area (Å²) in [6.45, 7) is 6.15. The Kier molecular flexibility index (Phi) is 6.46. The lowest BCUT2D eigenvalue weighted by molar-refractivity contribution is -0.115. The van der Waals surface area contributed by atoms with Gasteiger partial charge in [0.1, 0.15) is 12.4 Å². The molecule has 0 saturated heterocycles. The topological polar surface area (TPSA) is 69.0 Å². The summed E-state index contributed by atoms with van der Waals surface area (Å²) >= 11 is 1.38. The number of ether oxygens (including phenoxy) is 1. The van der Waals surface area contributed by atoms with Gasteiger partial charge in [0.15, 0.2) is 11.0 Å². The fourth-order valence-electron chi connectivity index (χ4n) is 3.43. The number of anilines is 1. The molecule has 0 radical (unpaired) electrons. The summed E-state index contributed by atoms with van der Waals surface area (Å²) in [4.78, 5) is 12.7. The molecule has 0 aliphatic rings. The third-order valence-corrected chi connectivity index (χ3v) is 6.53. The number of nitrogens with one attached hydrogen (secondary N) is 1. The van der Waals surface area contributed by atoms with Crippen LogP contribution in [0.2, 0.25) is 0 Å². The van der Waals surface area contributed by atoms with E-state index in [1.165, 1.54) is 17.1 Å². The summed E-state index contributed by atoms with van der Waals surface area (Å²) in [5.74, 6) is 1.41. The first-order chi connectivity index (χ1) is 15.4. The van der Waals surface area contributed by atoms with E-state index in [1.807, 2.05) is 80.9 Å². The Morgan fingerprint density at radius 3 is 2.50 bits per heavy atom. The van der Waals surface area contributed by atoms with Gasteiger partial charge in [-0.25, -0.2) is 0 Å².